The lowest BCUT2D eigenvalue weighted by atomic mass is 9.85. The third kappa shape index (κ3) is 2.88. The molecule has 14 heavy (non-hydrogen) atoms. The number of ether oxygens (including phenoxy) is 2. The van der Waals surface area contributed by atoms with Crippen molar-refractivity contribution in [2.45, 2.75) is 37.7 Å². The molecule has 0 saturated heterocycles. The van der Waals surface area contributed by atoms with Crippen LogP contribution in [0.25, 0.3) is 0 Å². The summed E-state index contributed by atoms with van der Waals surface area (Å²) in [6.07, 6.45) is 7.86. The molecule has 0 N–H and O–H groups in total. The van der Waals surface area contributed by atoms with Crippen LogP contribution in [0.2, 0.25) is 0 Å². The van der Waals surface area contributed by atoms with E-state index in [4.69, 9.17) is 9.47 Å². The molecule has 0 aromatic carbocycles. The quantitative estimate of drug-likeness (QED) is 0.497. The van der Waals surface area contributed by atoms with Crippen molar-refractivity contribution < 1.29 is 9.47 Å². The fourth-order valence-electron chi connectivity index (χ4n) is 1.84. The van der Waals surface area contributed by atoms with Gasteiger partial charge in [-0.2, -0.15) is 0 Å². The Morgan fingerprint density at radius 3 is 2.50 bits per heavy atom. The minimum Gasteiger partial charge on any atom is -0.499 e. The minimum absolute atomic E-state index is 0.125. The van der Waals surface area contributed by atoms with E-state index in [-0.39, 0.29) is 5.60 Å². The Kier molecular flexibility index (Phi) is 4.21. The average Bonchev–Trinajstić information content (AvgIpc) is 2.27. The molecule has 1 aliphatic rings. The Hall–Kier alpha value is -0.760. The predicted octanol–water partition coefficient (Wildman–Crippen LogP) is 3.05. The van der Waals surface area contributed by atoms with Crippen LogP contribution >= 0.6 is 0 Å². The zero-order valence-corrected chi connectivity index (χ0v) is 9.05. The van der Waals surface area contributed by atoms with Gasteiger partial charge in [0.15, 0.2) is 0 Å². The summed E-state index contributed by atoms with van der Waals surface area (Å²) in [6, 6.07) is 0. The molecule has 1 saturated carbocycles. The van der Waals surface area contributed by atoms with Crippen LogP contribution in [0.1, 0.15) is 32.1 Å². The lowest BCUT2D eigenvalue weighted by molar-refractivity contribution is -0.0339. The smallest absolute Gasteiger partial charge is 0.114 e. The van der Waals surface area contributed by atoms with Crippen LogP contribution in [0.5, 0.6) is 0 Å². The summed E-state index contributed by atoms with van der Waals surface area (Å²) in [5, 5.41) is 0. The first kappa shape index (κ1) is 11.3. The largest absolute Gasteiger partial charge is 0.499 e. The highest BCUT2D eigenvalue weighted by atomic mass is 16.5. The van der Waals surface area contributed by atoms with E-state index in [1.165, 1.54) is 19.3 Å². The van der Waals surface area contributed by atoms with Crippen LogP contribution in [0, 0.1) is 0 Å². The maximum atomic E-state index is 5.83. The van der Waals surface area contributed by atoms with Crippen LogP contribution < -0.4 is 0 Å². The Morgan fingerprint density at radius 2 is 2.00 bits per heavy atom. The summed E-state index contributed by atoms with van der Waals surface area (Å²) in [5.41, 5.74) is -0.125. The molecule has 1 aliphatic carbocycles. The third-order valence-corrected chi connectivity index (χ3v) is 2.88. The molecule has 0 aromatic rings. The van der Waals surface area contributed by atoms with E-state index in [0.717, 1.165) is 12.8 Å². The fraction of sp³-hybridized carbons (Fsp3) is 0.667. The van der Waals surface area contributed by atoms with Crippen molar-refractivity contribution >= 4 is 0 Å². The fourth-order valence-corrected chi connectivity index (χ4v) is 1.84. The second-order valence-electron chi connectivity index (χ2n) is 3.86. The van der Waals surface area contributed by atoms with Crippen molar-refractivity contribution in [2.24, 2.45) is 0 Å². The van der Waals surface area contributed by atoms with Gasteiger partial charge in [-0.1, -0.05) is 31.9 Å². The maximum absolute atomic E-state index is 5.83. The van der Waals surface area contributed by atoms with Crippen molar-refractivity contribution in [3.8, 4) is 0 Å². The van der Waals surface area contributed by atoms with Gasteiger partial charge < -0.3 is 9.47 Å². The normalized spacial score (nSPS) is 20.1. The Bertz CT molecular complexity index is 202. The second kappa shape index (κ2) is 5.20. The van der Waals surface area contributed by atoms with Crippen LogP contribution in [-0.4, -0.2) is 19.3 Å². The van der Waals surface area contributed by atoms with Crippen LogP contribution in [-0.2, 0) is 9.47 Å². The second-order valence-corrected chi connectivity index (χ2v) is 3.86. The lowest BCUT2D eigenvalue weighted by Crippen LogP contribution is -2.33. The van der Waals surface area contributed by atoms with Crippen molar-refractivity contribution in [3.63, 3.8) is 0 Å². The third-order valence-electron chi connectivity index (χ3n) is 2.88. The van der Waals surface area contributed by atoms with E-state index < -0.39 is 0 Å². The Balaban J connectivity index is 2.43. The summed E-state index contributed by atoms with van der Waals surface area (Å²) in [5.74, 6) is 0.678. The van der Waals surface area contributed by atoms with E-state index in [2.05, 4.69) is 13.2 Å². The van der Waals surface area contributed by atoms with Gasteiger partial charge in [-0.05, 0) is 12.8 Å². The number of methoxy groups -OCH3 is 1. The highest BCUT2D eigenvalue weighted by Crippen LogP contribution is 2.32. The van der Waals surface area contributed by atoms with Gasteiger partial charge in [0.25, 0.3) is 0 Å². The molecule has 0 aliphatic heterocycles. The van der Waals surface area contributed by atoms with Crippen LogP contribution in [0.4, 0.5) is 0 Å². The van der Waals surface area contributed by atoms with Gasteiger partial charge >= 0.3 is 0 Å². The first-order valence-electron chi connectivity index (χ1n) is 5.22. The van der Waals surface area contributed by atoms with Gasteiger partial charge in [-0.3, -0.25) is 0 Å². The van der Waals surface area contributed by atoms with E-state index >= 15 is 0 Å². The standard InChI is InChI=1S/C12H20O2/c1-4-12(8-6-5-7-9-12)14-10-11(2)13-3/h4H,1-2,5-10H2,3H3. The molecule has 0 heterocycles. The monoisotopic (exact) mass is 196 g/mol. The molecule has 0 atom stereocenters. The summed E-state index contributed by atoms with van der Waals surface area (Å²) >= 11 is 0. The molecule has 0 radical (unpaired) electrons. The van der Waals surface area contributed by atoms with Gasteiger partial charge in [-0.15, -0.1) is 6.58 Å². The predicted molar refractivity (Wildman–Crippen MR) is 58.1 cm³/mol. The summed E-state index contributed by atoms with van der Waals surface area (Å²) in [4.78, 5) is 0. The van der Waals surface area contributed by atoms with Crippen molar-refractivity contribution in [2.75, 3.05) is 13.7 Å². The number of rotatable bonds is 5. The average molecular weight is 196 g/mol. The lowest BCUT2D eigenvalue weighted by Gasteiger charge is -2.34. The van der Waals surface area contributed by atoms with E-state index in [1.807, 2.05) is 6.08 Å². The first-order chi connectivity index (χ1) is 6.72. The molecule has 0 spiro atoms. The van der Waals surface area contributed by atoms with E-state index in [0.29, 0.717) is 12.4 Å². The minimum atomic E-state index is -0.125. The molecule has 0 amide bonds. The van der Waals surface area contributed by atoms with Gasteiger partial charge in [0.05, 0.1) is 12.7 Å². The maximum Gasteiger partial charge on any atom is 0.114 e. The molecular weight excluding hydrogens is 176 g/mol. The topological polar surface area (TPSA) is 18.5 Å². The molecular formula is C12H20O2. The van der Waals surface area contributed by atoms with Gasteiger partial charge in [-0.25, -0.2) is 0 Å². The van der Waals surface area contributed by atoms with Crippen molar-refractivity contribution in [1.82, 2.24) is 0 Å². The molecule has 1 fully saturated rings. The highest BCUT2D eigenvalue weighted by molar-refractivity contribution is 5.00. The van der Waals surface area contributed by atoms with E-state index in [9.17, 15) is 0 Å². The van der Waals surface area contributed by atoms with Crippen LogP contribution in [0.15, 0.2) is 25.0 Å². The molecule has 2 heteroatoms. The van der Waals surface area contributed by atoms with E-state index in [1.54, 1.807) is 7.11 Å². The van der Waals surface area contributed by atoms with Crippen LogP contribution in [0.3, 0.4) is 0 Å². The summed E-state index contributed by atoms with van der Waals surface area (Å²) < 4.78 is 10.8. The molecule has 2 nitrogen and oxygen atoms in total. The van der Waals surface area contributed by atoms with Gasteiger partial charge in [0.2, 0.25) is 0 Å². The molecule has 0 aromatic heterocycles. The summed E-state index contributed by atoms with van der Waals surface area (Å²) in [6.45, 7) is 8.08. The zero-order chi connectivity index (χ0) is 10.4. The Labute approximate surface area is 86.6 Å². The van der Waals surface area contributed by atoms with Crippen molar-refractivity contribution in [1.29, 1.82) is 0 Å². The molecule has 0 unspecified atom stereocenters. The molecule has 1 rings (SSSR count). The highest BCUT2D eigenvalue weighted by Gasteiger charge is 2.29. The van der Waals surface area contributed by atoms with Gasteiger partial charge in [0.1, 0.15) is 12.4 Å². The molecule has 0 bridgehead atoms. The van der Waals surface area contributed by atoms with Crippen molar-refractivity contribution in [3.05, 3.63) is 25.0 Å². The first-order valence-corrected chi connectivity index (χ1v) is 5.22. The number of hydrogen-bond donors (Lipinski definition) is 0. The summed E-state index contributed by atoms with van der Waals surface area (Å²) in [7, 11) is 1.62. The van der Waals surface area contributed by atoms with Gasteiger partial charge in [0, 0.05) is 0 Å². The molecule has 80 valence electrons. The number of hydrogen-bond acceptors (Lipinski definition) is 2. The Morgan fingerprint density at radius 1 is 1.36 bits per heavy atom. The zero-order valence-electron chi connectivity index (χ0n) is 9.05. The SMILES string of the molecule is C=CC1(OCC(=C)OC)CCCCC1.